The molecular formula is C21H16N6OS. The third-order valence-electron chi connectivity index (χ3n) is 4.71. The fraction of sp³-hybridized carbons (Fsp3) is 0.0476. The number of hydrogen-bond acceptors (Lipinski definition) is 5. The van der Waals surface area contributed by atoms with Crippen LogP contribution in [0.15, 0.2) is 66.4 Å². The van der Waals surface area contributed by atoms with Gasteiger partial charge in [0.2, 0.25) is 0 Å². The van der Waals surface area contributed by atoms with E-state index in [0.29, 0.717) is 16.5 Å². The minimum absolute atomic E-state index is 0.246. The van der Waals surface area contributed by atoms with E-state index in [1.165, 1.54) is 11.3 Å². The van der Waals surface area contributed by atoms with Crippen molar-refractivity contribution >= 4 is 33.3 Å². The van der Waals surface area contributed by atoms with E-state index in [0.717, 1.165) is 27.9 Å². The first-order valence-electron chi connectivity index (χ1n) is 9.00. The Morgan fingerprint density at radius 3 is 2.90 bits per heavy atom. The van der Waals surface area contributed by atoms with Crippen molar-refractivity contribution in [3.05, 3.63) is 77.7 Å². The number of aromatic amines is 1. The third-order valence-corrected chi connectivity index (χ3v) is 5.47. The lowest BCUT2D eigenvalue weighted by atomic mass is 10.1. The average molecular weight is 400 g/mol. The van der Waals surface area contributed by atoms with Crippen LogP contribution in [0.2, 0.25) is 0 Å². The number of pyridine rings is 1. The first-order valence-corrected chi connectivity index (χ1v) is 9.88. The Hall–Kier alpha value is -3.78. The molecule has 1 amide bonds. The van der Waals surface area contributed by atoms with Gasteiger partial charge in [-0.1, -0.05) is 24.3 Å². The molecule has 142 valence electrons. The molecule has 5 aromatic rings. The number of rotatable bonds is 4. The Bertz CT molecular complexity index is 1320. The second kappa shape index (κ2) is 6.99. The highest BCUT2D eigenvalue weighted by atomic mass is 32.1. The predicted molar refractivity (Wildman–Crippen MR) is 113 cm³/mol. The zero-order valence-corrected chi connectivity index (χ0v) is 16.3. The van der Waals surface area contributed by atoms with Gasteiger partial charge in [-0.15, -0.1) is 11.3 Å². The summed E-state index contributed by atoms with van der Waals surface area (Å²) in [6.07, 6.45) is 5.18. The maximum Gasteiger partial charge on any atom is 0.260 e. The highest BCUT2D eigenvalue weighted by molar-refractivity contribution is 7.14. The number of nitrogens with one attached hydrogen (secondary N) is 2. The third kappa shape index (κ3) is 3.09. The summed E-state index contributed by atoms with van der Waals surface area (Å²) in [5.74, 6) is 0.421. The van der Waals surface area contributed by atoms with E-state index < -0.39 is 0 Å². The number of para-hydroxylation sites is 1. The van der Waals surface area contributed by atoms with Crippen LogP contribution in [0, 0.1) is 6.92 Å². The number of anilines is 1. The molecule has 0 fully saturated rings. The molecule has 5 rings (SSSR count). The van der Waals surface area contributed by atoms with Crippen LogP contribution in [0.4, 0.5) is 5.13 Å². The Morgan fingerprint density at radius 2 is 2.03 bits per heavy atom. The van der Waals surface area contributed by atoms with E-state index in [1.807, 2.05) is 61.0 Å². The second-order valence-electron chi connectivity index (χ2n) is 6.48. The molecule has 8 heteroatoms. The van der Waals surface area contributed by atoms with Gasteiger partial charge < -0.3 is 4.98 Å². The van der Waals surface area contributed by atoms with Crippen molar-refractivity contribution in [2.24, 2.45) is 0 Å². The molecule has 1 aromatic carbocycles. The number of nitrogens with zero attached hydrogens (tertiary/aromatic N) is 4. The van der Waals surface area contributed by atoms with Crippen LogP contribution >= 0.6 is 11.3 Å². The summed E-state index contributed by atoms with van der Waals surface area (Å²) in [6.45, 7) is 1.84. The minimum Gasteiger partial charge on any atom is -0.360 e. The van der Waals surface area contributed by atoms with Crippen LogP contribution in [-0.2, 0) is 0 Å². The van der Waals surface area contributed by atoms with E-state index >= 15 is 0 Å². The van der Waals surface area contributed by atoms with Gasteiger partial charge in [0.05, 0.1) is 23.1 Å². The van der Waals surface area contributed by atoms with Gasteiger partial charge in [-0.25, -0.2) is 14.6 Å². The predicted octanol–water partition coefficient (Wildman–Crippen LogP) is 4.43. The van der Waals surface area contributed by atoms with Crippen LogP contribution in [0.3, 0.4) is 0 Å². The fourth-order valence-corrected chi connectivity index (χ4v) is 3.95. The average Bonchev–Trinajstić information content (AvgIpc) is 3.46. The molecule has 0 aliphatic carbocycles. The topological polar surface area (TPSA) is 88.5 Å². The molecule has 0 unspecified atom stereocenters. The van der Waals surface area contributed by atoms with E-state index in [4.69, 9.17) is 0 Å². The van der Waals surface area contributed by atoms with Crippen molar-refractivity contribution in [3.63, 3.8) is 0 Å². The maximum absolute atomic E-state index is 12.8. The van der Waals surface area contributed by atoms with Gasteiger partial charge in [0.1, 0.15) is 0 Å². The molecule has 0 saturated heterocycles. The maximum atomic E-state index is 12.8. The Morgan fingerprint density at radius 1 is 1.17 bits per heavy atom. The van der Waals surface area contributed by atoms with Crippen molar-refractivity contribution in [1.82, 2.24) is 24.7 Å². The van der Waals surface area contributed by atoms with E-state index in [9.17, 15) is 4.79 Å². The molecule has 4 aromatic heterocycles. The van der Waals surface area contributed by atoms with Gasteiger partial charge in [-0.2, -0.15) is 5.10 Å². The SMILES string of the molecule is Cc1c(C(=O)Nc2nc(-c3c[nH]c4ccccc34)cs2)cnn1-c1ccccn1. The van der Waals surface area contributed by atoms with Gasteiger partial charge in [0.15, 0.2) is 10.9 Å². The van der Waals surface area contributed by atoms with E-state index in [1.54, 1.807) is 17.1 Å². The molecule has 0 bridgehead atoms. The van der Waals surface area contributed by atoms with Crippen molar-refractivity contribution in [2.45, 2.75) is 6.92 Å². The summed E-state index contributed by atoms with van der Waals surface area (Å²) >= 11 is 1.39. The lowest BCUT2D eigenvalue weighted by molar-refractivity contribution is 0.102. The van der Waals surface area contributed by atoms with Gasteiger partial charge in [0, 0.05) is 34.2 Å². The Labute approximate surface area is 170 Å². The molecular weight excluding hydrogens is 384 g/mol. The summed E-state index contributed by atoms with van der Waals surface area (Å²) in [6, 6.07) is 13.6. The summed E-state index contributed by atoms with van der Waals surface area (Å²) < 4.78 is 1.65. The highest BCUT2D eigenvalue weighted by Gasteiger charge is 2.17. The molecule has 0 spiro atoms. The summed E-state index contributed by atoms with van der Waals surface area (Å²) in [5.41, 5.74) is 4.09. The first-order chi connectivity index (χ1) is 14.2. The van der Waals surface area contributed by atoms with Gasteiger partial charge in [-0.05, 0) is 25.1 Å². The number of amides is 1. The standard InChI is InChI=1S/C21H16N6OS/c1-13-15(11-24-27(13)19-8-4-5-9-22-19)20(28)26-21-25-18(12-29-21)16-10-23-17-7-3-2-6-14(16)17/h2-12,23H,1H3,(H,25,26,28). The molecule has 2 N–H and O–H groups in total. The first kappa shape index (κ1) is 17.3. The summed E-state index contributed by atoms with van der Waals surface area (Å²) in [7, 11) is 0. The van der Waals surface area contributed by atoms with E-state index in [-0.39, 0.29) is 5.91 Å². The van der Waals surface area contributed by atoms with Crippen molar-refractivity contribution in [3.8, 4) is 17.1 Å². The number of fused-ring (bicyclic) bond motifs is 1. The molecule has 7 nitrogen and oxygen atoms in total. The smallest absolute Gasteiger partial charge is 0.260 e. The van der Waals surface area contributed by atoms with Crippen LogP contribution in [-0.4, -0.2) is 30.6 Å². The second-order valence-corrected chi connectivity index (χ2v) is 7.34. The molecule has 0 saturated carbocycles. The molecule has 0 aliphatic rings. The number of hydrogen-bond donors (Lipinski definition) is 2. The largest absolute Gasteiger partial charge is 0.360 e. The van der Waals surface area contributed by atoms with Crippen molar-refractivity contribution in [1.29, 1.82) is 0 Å². The number of carbonyl (C=O) groups is 1. The molecule has 29 heavy (non-hydrogen) atoms. The Kier molecular flexibility index (Phi) is 4.18. The zero-order valence-electron chi connectivity index (χ0n) is 15.5. The normalized spacial score (nSPS) is 11.1. The fourth-order valence-electron chi connectivity index (χ4n) is 3.25. The Balaban J connectivity index is 1.39. The van der Waals surface area contributed by atoms with Gasteiger partial charge in [-0.3, -0.25) is 10.1 Å². The molecule has 0 atom stereocenters. The van der Waals surface area contributed by atoms with Crippen LogP contribution in [0.1, 0.15) is 16.1 Å². The van der Waals surface area contributed by atoms with Crippen LogP contribution in [0.5, 0.6) is 0 Å². The van der Waals surface area contributed by atoms with Gasteiger partial charge in [0.25, 0.3) is 5.91 Å². The van der Waals surface area contributed by atoms with Crippen molar-refractivity contribution < 1.29 is 4.79 Å². The number of aromatic nitrogens is 5. The molecule has 4 heterocycles. The number of H-pyrrole nitrogens is 1. The lowest BCUT2D eigenvalue weighted by Gasteiger charge is -2.04. The van der Waals surface area contributed by atoms with Crippen LogP contribution in [0.25, 0.3) is 28.0 Å². The minimum atomic E-state index is -0.246. The van der Waals surface area contributed by atoms with Gasteiger partial charge >= 0.3 is 0 Å². The highest BCUT2D eigenvalue weighted by Crippen LogP contribution is 2.31. The number of carbonyl (C=O) groups excluding carboxylic acids is 1. The quantitative estimate of drug-likeness (QED) is 0.467. The molecule has 0 aliphatic heterocycles. The lowest BCUT2D eigenvalue weighted by Crippen LogP contribution is -2.13. The van der Waals surface area contributed by atoms with Crippen molar-refractivity contribution in [2.75, 3.05) is 5.32 Å². The zero-order chi connectivity index (χ0) is 19.8. The summed E-state index contributed by atoms with van der Waals surface area (Å²) in [5, 5.41) is 10.8. The monoisotopic (exact) mass is 400 g/mol. The summed E-state index contributed by atoms with van der Waals surface area (Å²) in [4.78, 5) is 24.9. The van der Waals surface area contributed by atoms with Crippen LogP contribution < -0.4 is 5.32 Å². The van der Waals surface area contributed by atoms with E-state index in [2.05, 4.69) is 25.4 Å². The molecule has 0 radical (unpaired) electrons. The number of thiazole rings is 1. The number of benzene rings is 1.